The summed E-state index contributed by atoms with van der Waals surface area (Å²) in [6, 6.07) is 7.52. The molecule has 0 bridgehead atoms. The van der Waals surface area contributed by atoms with E-state index in [4.69, 9.17) is 9.47 Å². The fraction of sp³-hybridized carbons (Fsp3) is 0.400. The predicted octanol–water partition coefficient (Wildman–Crippen LogP) is 1.55. The Hall–Kier alpha value is -2.01. The van der Waals surface area contributed by atoms with Crippen molar-refractivity contribution in [1.82, 2.24) is 9.55 Å². The molecule has 106 valence electrons. The lowest BCUT2D eigenvalue weighted by molar-refractivity contribution is -0.0136. The molecular formula is C15H18N2O3. The maximum atomic E-state index is 10.2. The Bertz CT molecular complexity index is 582. The van der Waals surface area contributed by atoms with Crippen LogP contribution in [0, 0.1) is 0 Å². The third-order valence-electron chi connectivity index (χ3n) is 3.54. The van der Waals surface area contributed by atoms with Crippen LogP contribution in [0.4, 0.5) is 0 Å². The van der Waals surface area contributed by atoms with Crippen molar-refractivity contribution in [3.05, 3.63) is 42.5 Å². The molecule has 1 aliphatic rings. The van der Waals surface area contributed by atoms with Crippen LogP contribution in [-0.2, 0) is 13.5 Å². The van der Waals surface area contributed by atoms with E-state index in [9.17, 15) is 5.11 Å². The van der Waals surface area contributed by atoms with E-state index in [1.807, 2.05) is 42.1 Å². The third-order valence-corrected chi connectivity index (χ3v) is 3.54. The van der Waals surface area contributed by atoms with Gasteiger partial charge in [-0.15, -0.1) is 0 Å². The van der Waals surface area contributed by atoms with Crippen LogP contribution >= 0.6 is 0 Å². The Morgan fingerprint density at radius 2 is 2.20 bits per heavy atom. The number of para-hydroxylation sites is 2. The quantitative estimate of drug-likeness (QED) is 0.919. The zero-order valence-corrected chi connectivity index (χ0v) is 11.4. The zero-order valence-electron chi connectivity index (χ0n) is 11.4. The number of nitrogens with zero attached hydrogens (tertiary/aromatic N) is 2. The lowest BCUT2D eigenvalue weighted by Crippen LogP contribution is -2.40. The van der Waals surface area contributed by atoms with Gasteiger partial charge in [0.2, 0.25) is 0 Å². The smallest absolute Gasteiger partial charge is 0.161 e. The van der Waals surface area contributed by atoms with Gasteiger partial charge >= 0.3 is 0 Å². The number of rotatable bonds is 4. The van der Waals surface area contributed by atoms with E-state index in [1.54, 1.807) is 6.20 Å². The maximum Gasteiger partial charge on any atom is 0.161 e. The minimum Gasteiger partial charge on any atom is -0.486 e. The first-order chi connectivity index (χ1) is 9.74. The zero-order chi connectivity index (χ0) is 13.9. The molecule has 0 saturated heterocycles. The van der Waals surface area contributed by atoms with Crippen LogP contribution in [-0.4, -0.2) is 33.5 Å². The Morgan fingerprint density at radius 3 is 2.95 bits per heavy atom. The summed E-state index contributed by atoms with van der Waals surface area (Å²) in [5, 5.41) is 10.2. The van der Waals surface area contributed by atoms with Gasteiger partial charge in [-0.2, -0.15) is 0 Å². The maximum absolute atomic E-state index is 10.2. The number of hydrogen-bond donors (Lipinski definition) is 1. The van der Waals surface area contributed by atoms with Crippen molar-refractivity contribution in [1.29, 1.82) is 0 Å². The van der Waals surface area contributed by atoms with Crippen molar-refractivity contribution in [2.45, 2.75) is 25.0 Å². The van der Waals surface area contributed by atoms with Crippen molar-refractivity contribution in [2.24, 2.45) is 7.05 Å². The molecule has 0 aliphatic carbocycles. The number of aliphatic hydroxyl groups excluding tert-OH is 1. The highest BCUT2D eigenvalue weighted by atomic mass is 16.6. The standard InChI is InChI=1S/C15H18N2O3/c1-17-9-8-16-15(17)7-6-11(18)14-10-19-12-4-2-3-5-13(12)20-14/h2-5,8-9,11,14,18H,6-7,10H2,1H3. The van der Waals surface area contributed by atoms with Crippen LogP contribution in [0.25, 0.3) is 0 Å². The van der Waals surface area contributed by atoms with Gasteiger partial charge < -0.3 is 19.1 Å². The predicted molar refractivity (Wildman–Crippen MR) is 73.9 cm³/mol. The normalized spacial score (nSPS) is 18.8. The first-order valence-electron chi connectivity index (χ1n) is 6.77. The van der Waals surface area contributed by atoms with Crippen molar-refractivity contribution >= 4 is 0 Å². The summed E-state index contributed by atoms with van der Waals surface area (Å²) in [6.45, 7) is 0.374. The van der Waals surface area contributed by atoms with Crippen molar-refractivity contribution in [3.63, 3.8) is 0 Å². The fourth-order valence-electron chi connectivity index (χ4n) is 2.33. The highest BCUT2D eigenvalue weighted by Crippen LogP contribution is 2.32. The van der Waals surface area contributed by atoms with E-state index >= 15 is 0 Å². The molecule has 5 heteroatoms. The number of imidazole rings is 1. The highest BCUT2D eigenvalue weighted by Gasteiger charge is 2.27. The number of hydrogen-bond acceptors (Lipinski definition) is 4. The summed E-state index contributed by atoms with van der Waals surface area (Å²) in [5.74, 6) is 2.39. The van der Waals surface area contributed by atoms with E-state index in [2.05, 4.69) is 4.98 Å². The Kier molecular flexibility index (Phi) is 3.60. The number of aliphatic hydroxyl groups is 1. The third kappa shape index (κ3) is 2.63. The molecule has 20 heavy (non-hydrogen) atoms. The van der Waals surface area contributed by atoms with Crippen LogP contribution in [0.3, 0.4) is 0 Å². The minimum atomic E-state index is -0.569. The molecule has 2 atom stereocenters. The molecular weight excluding hydrogens is 256 g/mol. The van der Waals surface area contributed by atoms with Gasteiger partial charge in [0.05, 0.1) is 6.10 Å². The second-order valence-corrected chi connectivity index (χ2v) is 4.97. The molecule has 5 nitrogen and oxygen atoms in total. The summed E-state index contributed by atoms with van der Waals surface area (Å²) >= 11 is 0. The van der Waals surface area contributed by atoms with Crippen molar-refractivity contribution in [3.8, 4) is 11.5 Å². The molecule has 1 aromatic heterocycles. The number of aryl methyl sites for hydroxylation is 2. The summed E-state index contributed by atoms with van der Waals surface area (Å²) in [6.07, 6.45) is 4.08. The highest BCUT2D eigenvalue weighted by molar-refractivity contribution is 5.40. The second kappa shape index (κ2) is 5.54. The van der Waals surface area contributed by atoms with Gasteiger partial charge in [0.15, 0.2) is 17.6 Å². The molecule has 0 radical (unpaired) electrons. The van der Waals surface area contributed by atoms with E-state index in [-0.39, 0.29) is 6.10 Å². The number of ether oxygens (including phenoxy) is 2. The number of aromatic nitrogens is 2. The monoisotopic (exact) mass is 274 g/mol. The topological polar surface area (TPSA) is 56.5 Å². The Balaban J connectivity index is 1.59. The first kappa shape index (κ1) is 13.0. The average molecular weight is 274 g/mol. The van der Waals surface area contributed by atoms with E-state index in [0.29, 0.717) is 25.2 Å². The largest absolute Gasteiger partial charge is 0.486 e. The van der Waals surface area contributed by atoms with Gasteiger partial charge in [-0.25, -0.2) is 4.98 Å². The number of fused-ring (bicyclic) bond motifs is 1. The van der Waals surface area contributed by atoms with Gasteiger partial charge in [0.1, 0.15) is 12.4 Å². The lowest BCUT2D eigenvalue weighted by Gasteiger charge is -2.29. The van der Waals surface area contributed by atoms with E-state index in [1.165, 1.54) is 0 Å². The first-order valence-corrected chi connectivity index (χ1v) is 6.77. The fourth-order valence-corrected chi connectivity index (χ4v) is 2.33. The molecule has 2 heterocycles. The molecule has 1 N–H and O–H groups in total. The minimum absolute atomic E-state index is 0.329. The lowest BCUT2D eigenvalue weighted by atomic mass is 10.1. The molecule has 0 saturated carbocycles. The Morgan fingerprint density at radius 1 is 1.40 bits per heavy atom. The summed E-state index contributed by atoms with van der Waals surface area (Å²) in [7, 11) is 1.95. The van der Waals surface area contributed by atoms with Gasteiger partial charge in [0.25, 0.3) is 0 Å². The van der Waals surface area contributed by atoms with E-state index < -0.39 is 6.10 Å². The molecule has 2 unspecified atom stereocenters. The Labute approximate surface area is 117 Å². The summed E-state index contributed by atoms with van der Waals surface area (Å²) < 4.78 is 13.4. The average Bonchev–Trinajstić information content (AvgIpc) is 2.89. The SMILES string of the molecule is Cn1ccnc1CCC(O)C1COc2ccccc2O1. The van der Waals surface area contributed by atoms with Gasteiger partial charge in [0, 0.05) is 25.9 Å². The molecule has 1 aromatic carbocycles. The molecule has 0 amide bonds. The van der Waals surface area contributed by atoms with Gasteiger partial charge in [-0.1, -0.05) is 12.1 Å². The van der Waals surface area contributed by atoms with Crippen LogP contribution in [0.1, 0.15) is 12.2 Å². The summed E-state index contributed by atoms with van der Waals surface area (Å²) in [4.78, 5) is 4.25. The van der Waals surface area contributed by atoms with Crippen molar-refractivity contribution < 1.29 is 14.6 Å². The summed E-state index contributed by atoms with van der Waals surface area (Å²) in [5.41, 5.74) is 0. The molecule has 2 aromatic rings. The molecule has 1 aliphatic heterocycles. The van der Waals surface area contributed by atoms with Crippen LogP contribution in [0.2, 0.25) is 0 Å². The van der Waals surface area contributed by atoms with Crippen LogP contribution < -0.4 is 9.47 Å². The molecule has 0 spiro atoms. The van der Waals surface area contributed by atoms with Crippen molar-refractivity contribution in [2.75, 3.05) is 6.61 Å². The van der Waals surface area contributed by atoms with Gasteiger partial charge in [-0.05, 0) is 18.6 Å². The van der Waals surface area contributed by atoms with Crippen LogP contribution in [0.15, 0.2) is 36.7 Å². The van der Waals surface area contributed by atoms with Gasteiger partial charge in [-0.3, -0.25) is 0 Å². The van der Waals surface area contributed by atoms with Crippen LogP contribution in [0.5, 0.6) is 11.5 Å². The number of benzene rings is 1. The second-order valence-electron chi connectivity index (χ2n) is 4.97. The van der Waals surface area contributed by atoms with E-state index in [0.717, 1.165) is 11.6 Å². The molecule has 3 rings (SSSR count). The molecule has 0 fully saturated rings.